The minimum absolute atomic E-state index is 0.00195. The maximum absolute atomic E-state index is 12.4. The van der Waals surface area contributed by atoms with Crippen molar-refractivity contribution in [2.24, 2.45) is 5.92 Å². The number of anilines is 1. The minimum atomic E-state index is -0.198. The van der Waals surface area contributed by atoms with Gasteiger partial charge in [0.15, 0.2) is 0 Å². The molecule has 30 heavy (non-hydrogen) atoms. The summed E-state index contributed by atoms with van der Waals surface area (Å²) in [5, 5.41) is 5.68. The van der Waals surface area contributed by atoms with Crippen LogP contribution in [0.5, 0.6) is 0 Å². The molecule has 0 bridgehead atoms. The molecule has 0 aliphatic heterocycles. The molecule has 2 heterocycles. The molecule has 0 saturated heterocycles. The summed E-state index contributed by atoms with van der Waals surface area (Å²) in [7, 11) is 0. The molecule has 4 rings (SSSR count). The van der Waals surface area contributed by atoms with Crippen LogP contribution in [0.2, 0.25) is 0 Å². The van der Waals surface area contributed by atoms with E-state index in [2.05, 4.69) is 27.5 Å². The van der Waals surface area contributed by atoms with Gasteiger partial charge in [-0.05, 0) is 36.4 Å². The molecule has 7 nitrogen and oxygen atoms in total. The number of amides is 2. The van der Waals surface area contributed by atoms with Crippen molar-refractivity contribution in [1.29, 1.82) is 0 Å². The zero-order valence-corrected chi connectivity index (χ0v) is 16.4. The molecule has 2 aromatic heterocycles. The molecule has 3 aromatic rings. The standard InChI is InChI=1S/C23H21N5O2/c1-15(18-5-3-2-4-6-19(18)25-14-29)22-27-20-8-7-17(13-21(20)28-22)26-23(30)16-9-11-24-12-10-16/h2-15,18H,1H3,(H,25,29)(H,26,30)(H,27,28). The Morgan fingerprint density at radius 2 is 2.00 bits per heavy atom. The molecule has 1 aliphatic carbocycles. The average Bonchev–Trinajstić information content (AvgIpc) is 3.05. The summed E-state index contributed by atoms with van der Waals surface area (Å²) in [5.74, 6) is 0.576. The molecule has 2 amide bonds. The Labute approximate surface area is 173 Å². The second-order valence-electron chi connectivity index (χ2n) is 7.01. The molecule has 3 N–H and O–H groups in total. The van der Waals surface area contributed by atoms with E-state index < -0.39 is 0 Å². The number of rotatable bonds is 6. The highest BCUT2D eigenvalue weighted by Crippen LogP contribution is 2.31. The molecule has 2 atom stereocenters. The predicted octanol–water partition coefficient (Wildman–Crippen LogP) is 3.69. The highest BCUT2D eigenvalue weighted by atomic mass is 16.1. The lowest BCUT2D eigenvalue weighted by molar-refractivity contribution is -0.109. The number of carbonyl (C=O) groups excluding carboxylic acids is 2. The van der Waals surface area contributed by atoms with Gasteiger partial charge in [0.25, 0.3) is 5.91 Å². The van der Waals surface area contributed by atoms with Gasteiger partial charge in [0, 0.05) is 41.2 Å². The number of nitrogens with zero attached hydrogens (tertiary/aromatic N) is 2. The topological polar surface area (TPSA) is 99.8 Å². The van der Waals surface area contributed by atoms with Crippen molar-refractivity contribution < 1.29 is 9.59 Å². The second-order valence-corrected chi connectivity index (χ2v) is 7.01. The van der Waals surface area contributed by atoms with Crippen LogP contribution in [0.15, 0.2) is 78.8 Å². The van der Waals surface area contributed by atoms with E-state index in [1.54, 1.807) is 24.5 Å². The number of hydrogen-bond donors (Lipinski definition) is 3. The number of nitrogens with one attached hydrogen (secondary N) is 3. The quantitative estimate of drug-likeness (QED) is 0.551. The third-order valence-corrected chi connectivity index (χ3v) is 5.07. The molecule has 1 aromatic carbocycles. The molecule has 1 aliphatic rings. The SMILES string of the molecule is CC(c1nc2ccc(NC(=O)c3ccncc3)cc2[nH]1)C1C=CC=CC=C1NC=O. The number of imidazole rings is 1. The van der Waals surface area contributed by atoms with E-state index in [4.69, 9.17) is 4.98 Å². The van der Waals surface area contributed by atoms with Gasteiger partial charge in [-0.15, -0.1) is 0 Å². The molecule has 0 spiro atoms. The van der Waals surface area contributed by atoms with Crippen LogP contribution in [0.25, 0.3) is 11.0 Å². The summed E-state index contributed by atoms with van der Waals surface area (Å²) < 4.78 is 0. The molecule has 0 saturated carbocycles. The summed E-state index contributed by atoms with van der Waals surface area (Å²) in [4.78, 5) is 35.4. The molecule has 150 valence electrons. The lowest BCUT2D eigenvalue weighted by atomic mass is 9.90. The van der Waals surface area contributed by atoms with Crippen molar-refractivity contribution in [2.45, 2.75) is 12.8 Å². The number of pyridine rings is 1. The van der Waals surface area contributed by atoms with Gasteiger partial charge in [0.2, 0.25) is 6.41 Å². The number of H-pyrrole nitrogens is 1. The molecule has 0 radical (unpaired) electrons. The van der Waals surface area contributed by atoms with Crippen molar-refractivity contribution in [1.82, 2.24) is 20.3 Å². The van der Waals surface area contributed by atoms with Crippen molar-refractivity contribution >= 4 is 29.0 Å². The van der Waals surface area contributed by atoms with Crippen molar-refractivity contribution in [3.63, 3.8) is 0 Å². The van der Waals surface area contributed by atoms with Crippen molar-refractivity contribution in [2.75, 3.05) is 5.32 Å². The third-order valence-electron chi connectivity index (χ3n) is 5.07. The first-order valence-corrected chi connectivity index (χ1v) is 9.62. The lowest BCUT2D eigenvalue weighted by Gasteiger charge is -2.21. The number of fused-ring (bicyclic) bond motifs is 1. The lowest BCUT2D eigenvalue weighted by Crippen LogP contribution is -2.22. The van der Waals surface area contributed by atoms with Crippen LogP contribution in [0.1, 0.15) is 29.0 Å². The van der Waals surface area contributed by atoms with Gasteiger partial charge < -0.3 is 15.6 Å². The van der Waals surface area contributed by atoms with Crippen LogP contribution in [-0.4, -0.2) is 27.3 Å². The fourth-order valence-electron chi connectivity index (χ4n) is 3.47. The average molecular weight is 399 g/mol. The fourth-order valence-corrected chi connectivity index (χ4v) is 3.47. The third kappa shape index (κ3) is 4.05. The van der Waals surface area contributed by atoms with E-state index in [0.717, 1.165) is 22.6 Å². The molecular weight excluding hydrogens is 378 g/mol. The molecule has 7 heteroatoms. The summed E-state index contributed by atoms with van der Waals surface area (Å²) in [6, 6.07) is 8.89. The smallest absolute Gasteiger partial charge is 0.255 e. The van der Waals surface area contributed by atoms with Crippen LogP contribution in [0, 0.1) is 5.92 Å². The number of allylic oxidation sites excluding steroid dienone is 5. The Balaban J connectivity index is 1.57. The Kier molecular flexibility index (Phi) is 5.52. The van der Waals surface area contributed by atoms with Crippen LogP contribution in [-0.2, 0) is 4.79 Å². The largest absolute Gasteiger partial charge is 0.342 e. The van der Waals surface area contributed by atoms with Crippen molar-refractivity contribution in [3.05, 3.63) is 90.2 Å². The molecule has 0 fully saturated rings. The fraction of sp³-hybridized carbons (Fsp3) is 0.130. The van der Waals surface area contributed by atoms with Crippen LogP contribution in [0.4, 0.5) is 5.69 Å². The van der Waals surface area contributed by atoms with Gasteiger partial charge in [-0.2, -0.15) is 0 Å². The number of aromatic nitrogens is 3. The van der Waals surface area contributed by atoms with Gasteiger partial charge in [-0.1, -0.05) is 31.2 Å². The first-order valence-electron chi connectivity index (χ1n) is 9.62. The predicted molar refractivity (Wildman–Crippen MR) is 116 cm³/mol. The number of benzene rings is 1. The maximum Gasteiger partial charge on any atom is 0.255 e. The minimum Gasteiger partial charge on any atom is -0.342 e. The van der Waals surface area contributed by atoms with Crippen LogP contribution in [0.3, 0.4) is 0 Å². The Morgan fingerprint density at radius 1 is 1.17 bits per heavy atom. The summed E-state index contributed by atoms with van der Waals surface area (Å²) in [5.41, 5.74) is 3.67. The monoisotopic (exact) mass is 399 g/mol. The summed E-state index contributed by atoms with van der Waals surface area (Å²) in [6.45, 7) is 2.06. The van der Waals surface area contributed by atoms with Gasteiger partial charge in [-0.3, -0.25) is 14.6 Å². The zero-order chi connectivity index (χ0) is 20.9. The van der Waals surface area contributed by atoms with Gasteiger partial charge >= 0.3 is 0 Å². The highest BCUT2D eigenvalue weighted by Gasteiger charge is 2.23. The number of carbonyl (C=O) groups is 2. The number of aromatic amines is 1. The van der Waals surface area contributed by atoms with Gasteiger partial charge in [-0.25, -0.2) is 4.98 Å². The normalized spacial score (nSPS) is 16.6. The molecular formula is C23H21N5O2. The second kappa shape index (κ2) is 8.57. The highest BCUT2D eigenvalue weighted by molar-refractivity contribution is 6.04. The Hall–Kier alpha value is -4.00. The Bertz CT molecular complexity index is 1160. The summed E-state index contributed by atoms with van der Waals surface area (Å²) in [6.07, 6.45) is 13.6. The summed E-state index contributed by atoms with van der Waals surface area (Å²) >= 11 is 0. The van der Waals surface area contributed by atoms with E-state index in [1.165, 1.54) is 0 Å². The van der Waals surface area contributed by atoms with E-state index in [1.807, 2.05) is 48.6 Å². The van der Waals surface area contributed by atoms with E-state index in [-0.39, 0.29) is 17.7 Å². The zero-order valence-electron chi connectivity index (χ0n) is 16.4. The van der Waals surface area contributed by atoms with Crippen LogP contribution >= 0.6 is 0 Å². The van der Waals surface area contributed by atoms with Crippen LogP contribution < -0.4 is 10.6 Å². The van der Waals surface area contributed by atoms with E-state index in [9.17, 15) is 9.59 Å². The van der Waals surface area contributed by atoms with Gasteiger partial charge in [0.05, 0.1) is 11.0 Å². The van der Waals surface area contributed by atoms with Crippen molar-refractivity contribution in [3.8, 4) is 0 Å². The number of hydrogen-bond acceptors (Lipinski definition) is 4. The van der Waals surface area contributed by atoms with E-state index in [0.29, 0.717) is 17.7 Å². The Morgan fingerprint density at radius 3 is 2.80 bits per heavy atom. The first-order chi connectivity index (χ1) is 14.7. The van der Waals surface area contributed by atoms with E-state index >= 15 is 0 Å². The first kappa shape index (κ1) is 19.3. The maximum atomic E-state index is 12.4. The molecule has 2 unspecified atom stereocenters. The van der Waals surface area contributed by atoms with Gasteiger partial charge in [0.1, 0.15) is 5.82 Å².